The molecule has 9 heteroatoms. The SMILES string of the molecule is Cc1nc(-c2cccc(-c3nc(C)c(C)n3C)n2)n(C)c1C.[Cl-].[Cl-].[Cl-].[V+3]. The van der Waals surface area contributed by atoms with Gasteiger partial charge < -0.3 is 46.4 Å². The molecule has 140 valence electrons. The molecule has 5 nitrogen and oxygen atoms in total. The Balaban J connectivity index is 0. The van der Waals surface area contributed by atoms with E-state index in [0.29, 0.717) is 0 Å². The van der Waals surface area contributed by atoms with E-state index >= 15 is 0 Å². The van der Waals surface area contributed by atoms with E-state index in [2.05, 4.69) is 32.9 Å². The van der Waals surface area contributed by atoms with E-state index in [1.165, 1.54) is 0 Å². The third-order valence-electron chi connectivity index (χ3n) is 4.44. The zero-order chi connectivity index (χ0) is 16.0. The summed E-state index contributed by atoms with van der Waals surface area (Å²) in [7, 11) is 4.04. The molecule has 0 saturated heterocycles. The second-order valence-electron chi connectivity index (χ2n) is 5.74. The van der Waals surface area contributed by atoms with E-state index in [4.69, 9.17) is 4.98 Å². The number of hydrogen-bond donors (Lipinski definition) is 0. The normalized spacial score (nSPS) is 9.46. The number of aryl methyl sites for hydroxylation is 2. The van der Waals surface area contributed by atoms with Crippen molar-refractivity contribution in [3.63, 3.8) is 0 Å². The van der Waals surface area contributed by atoms with Crippen molar-refractivity contribution < 1.29 is 55.8 Å². The van der Waals surface area contributed by atoms with Crippen molar-refractivity contribution in [3.8, 4) is 23.0 Å². The number of aromatic nitrogens is 5. The van der Waals surface area contributed by atoms with Crippen LogP contribution in [0.25, 0.3) is 23.0 Å². The second kappa shape index (κ2) is 10.4. The van der Waals surface area contributed by atoms with Crippen LogP contribution < -0.4 is 37.2 Å². The predicted molar refractivity (Wildman–Crippen MR) is 87.6 cm³/mol. The molecule has 0 aliphatic rings. The van der Waals surface area contributed by atoms with Gasteiger partial charge in [-0.25, -0.2) is 15.0 Å². The minimum absolute atomic E-state index is 0. The second-order valence-corrected chi connectivity index (χ2v) is 5.74. The predicted octanol–water partition coefficient (Wildman–Crippen LogP) is -5.87. The molecule has 0 fully saturated rings. The molecule has 0 unspecified atom stereocenters. The van der Waals surface area contributed by atoms with E-state index in [-0.39, 0.29) is 55.8 Å². The fourth-order valence-corrected chi connectivity index (χ4v) is 2.57. The molecule has 3 aromatic heterocycles. The Morgan fingerprint density at radius 1 is 0.654 bits per heavy atom. The van der Waals surface area contributed by atoms with Gasteiger partial charge in [-0.1, -0.05) is 6.07 Å². The molecule has 0 amide bonds. The minimum Gasteiger partial charge on any atom is -1.00 e. The summed E-state index contributed by atoms with van der Waals surface area (Å²) < 4.78 is 4.16. The van der Waals surface area contributed by atoms with Gasteiger partial charge >= 0.3 is 18.6 Å². The van der Waals surface area contributed by atoms with Crippen molar-refractivity contribution in [2.24, 2.45) is 14.1 Å². The maximum atomic E-state index is 4.78. The summed E-state index contributed by atoms with van der Waals surface area (Å²) in [6.07, 6.45) is 0. The van der Waals surface area contributed by atoms with Crippen LogP contribution in [0.2, 0.25) is 0 Å². The van der Waals surface area contributed by atoms with Crippen molar-refractivity contribution in [1.82, 2.24) is 24.1 Å². The maximum Gasteiger partial charge on any atom is 3.00 e. The van der Waals surface area contributed by atoms with E-state index in [9.17, 15) is 0 Å². The zero-order valence-electron chi connectivity index (χ0n) is 15.5. The quantitative estimate of drug-likeness (QED) is 0.389. The summed E-state index contributed by atoms with van der Waals surface area (Å²) in [5, 5.41) is 0. The summed E-state index contributed by atoms with van der Waals surface area (Å²) in [6, 6.07) is 6.00. The number of rotatable bonds is 2. The summed E-state index contributed by atoms with van der Waals surface area (Å²) in [6.45, 7) is 8.19. The number of hydrogen-bond acceptors (Lipinski definition) is 3. The average Bonchev–Trinajstić information content (AvgIpc) is 2.92. The molecule has 3 heterocycles. The Bertz CT molecular complexity index is 806. The molecule has 0 atom stereocenters. The Hall–Kier alpha value is -0.976. The molecule has 3 aromatic rings. The van der Waals surface area contributed by atoms with E-state index in [1.807, 2.05) is 46.1 Å². The molecule has 0 aromatic carbocycles. The molecular formula is C17H21Cl3N5V. The molecule has 0 aliphatic heterocycles. The fraction of sp³-hybridized carbons (Fsp3) is 0.353. The molecule has 26 heavy (non-hydrogen) atoms. The van der Waals surface area contributed by atoms with Crippen molar-refractivity contribution in [3.05, 3.63) is 41.0 Å². The Morgan fingerprint density at radius 2 is 1.00 bits per heavy atom. The molecule has 0 aliphatic carbocycles. The van der Waals surface area contributed by atoms with Crippen LogP contribution in [-0.2, 0) is 32.7 Å². The molecule has 0 bridgehead atoms. The molecule has 0 radical (unpaired) electrons. The van der Waals surface area contributed by atoms with Gasteiger partial charge in [0.15, 0.2) is 11.6 Å². The molecule has 0 saturated carbocycles. The first-order chi connectivity index (χ1) is 10.4. The van der Waals surface area contributed by atoms with Gasteiger partial charge in [-0.15, -0.1) is 0 Å². The van der Waals surface area contributed by atoms with E-state index < -0.39 is 0 Å². The third-order valence-corrected chi connectivity index (χ3v) is 4.44. The fourth-order valence-electron chi connectivity index (χ4n) is 2.57. The average molecular weight is 453 g/mol. The number of nitrogens with zero attached hydrogens (tertiary/aromatic N) is 5. The smallest absolute Gasteiger partial charge is 1.00 e. The Labute approximate surface area is 185 Å². The third kappa shape index (κ3) is 4.65. The first-order valence-electron chi connectivity index (χ1n) is 7.37. The Morgan fingerprint density at radius 3 is 1.27 bits per heavy atom. The van der Waals surface area contributed by atoms with Gasteiger partial charge in [0.05, 0.1) is 11.4 Å². The van der Waals surface area contributed by atoms with Crippen molar-refractivity contribution in [2.45, 2.75) is 27.7 Å². The molecule has 3 rings (SSSR count). The van der Waals surface area contributed by atoms with Gasteiger partial charge in [0.25, 0.3) is 0 Å². The largest absolute Gasteiger partial charge is 3.00 e. The van der Waals surface area contributed by atoms with Crippen LogP contribution in [0.3, 0.4) is 0 Å². The molecule has 0 spiro atoms. The van der Waals surface area contributed by atoms with E-state index in [0.717, 1.165) is 45.8 Å². The van der Waals surface area contributed by atoms with Crippen LogP contribution in [0.1, 0.15) is 22.8 Å². The zero-order valence-corrected chi connectivity index (χ0v) is 19.2. The summed E-state index contributed by atoms with van der Waals surface area (Å²) in [5.41, 5.74) is 6.13. The van der Waals surface area contributed by atoms with Crippen molar-refractivity contribution in [1.29, 1.82) is 0 Å². The standard InChI is InChI=1S/C17H21N5.3ClH.V/c1-10-12(3)21(5)16(18-10)14-8-7-9-15(20-14)17-19-11(2)13(4)22(17)6;;;;/h7-9H,1-6H3;3*1H;/q;;;;+3/p-3. The van der Waals surface area contributed by atoms with Gasteiger partial charge in [0.2, 0.25) is 0 Å². The monoisotopic (exact) mass is 451 g/mol. The van der Waals surface area contributed by atoms with Gasteiger partial charge in [-0.2, -0.15) is 0 Å². The summed E-state index contributed by atoms with van der Waals surface area (Å²) >= 11 is 0. The van der Waals surface area contributed by atoms with Crippen LogP contribution in [0.5, 0.6) is 0 Å². The van der Waals surface area contributed by atoms with Gasteiger partial charge in [-0.3, -0.25) is 0 Å². The first kappa shape index (κ1) is 27.2. The minimum atomic E-state index is 0. The van der Waals surface area contributed by atoms with Crippen molar-refractivity contribution >= 4 is 0 Å². The summed E-state index contributed by atoms with van der Waals surface area (Å²) in [4.78, 5) is 14.0. The van der Waals surface area contributed by atoms with Crippen LogP contribution in [0, 0.1) is 27.7 Å². The first-order valence-corrected chi connectivity index (χ1v) is 7.37. The summed E-state index contributed by atoms with van der Waals surface area (Å²) in [5.74, 6) is 1.78. The van der Waals surface area contributed by atoms with Crippen LogP contribution in [-0.4, -0.2) is 24.1 Å². The van der Waals surface area contributed by atoms with Crippen LogP contribution in [0.4, 0.5) is 0 Å². The molecule has 0 N–H and O–H groups in total. The number of halogens is 3. The van der Waals surface area contributed by atoms with E-state index in [1.54, 1.807) is 0 Å². The Kier molecular flexibility index (Phi) is 10.9. The van der Waals surface area contributed by atoms with Crippen LogP contribution >= 0.6 is 0 Å². The number of imidazole rings is 2. The number of pyridine rings is 1. The maximum absolute atomic E-state index is 4.78. The topological polar surface area (TPSA) is 48.5 Å². The van der Waals surface area contributed by atoms with Crippen LogP contribution in [0.15, 0.2) is 18.2 Å². The van der Waals surface area contributed by atoms with Gasteiger partial charge in [0.1, 0.15) is 11.4 Å². The van der Waals surface area contributed by atoms with Gasteiger partial charge in [-0.05, 0) is 39.8 Å². The van der Waals surface area contributed by atoms with Crippen molar-refractivity contribution in [2.75, 3.05) is 0 Å². The van der Waals surface area contributed by atoms with Gasteiger partial charge in [0, 0.05) is 25.5 Å². The molecular weight excluding hydrogens is 432 g/mol.